The smallest absolute Gasteiger partial charge is 0.303 e. The molecule has 66 valence electrons. The normalized spacial score (nSPS) is 10.0. The molecule has 0 bridgehead atoms. The van der Waals surface area contributed by atoms with Gasteiger partial charge in [0.15, 0.2) is 4.77 Å². The molecule has 1 aromatic rings. The van der Waals surface area contributed by atoms with E-state index in [0.717, 1.165) is 0 Å². The second-order valence-corrected chi connectivity index (χ2v) is 2.84. The number of H-pyrrole nitrogens is 1. The summed E-state index contributed by atoms with van der Waals surface area (Å²) in [7, 11) is 0. The summed E-state index contributed by atoms with van der Waals surface area (Å²) in [5.41, 5.74) is 0. The zero-order chi connectivity index (χ0) is 8.97. The standard InChI is InChI=1S/C7H10N2O2S/c10-6(11)2-1-4-9-5-3-8-7(9)12/h3,5H,1-2,4H2,(H,8,12)(H,10,11). The van der Waals surface area contributed by atoms with E-state index in [4.69, 9.17) is 17.3 Å². The van der Waals surface area contributed by atoms with E-state index >= 15 is 0 Å². The molecule has 12 heavy (non-hydrogen) atoms. The van der Waals surface area contributed by atoms with Gasteiger partial charge in [-0.1, -0.05) is 0 Å². The highest BCUT2D eigenvalue weighted by Crippen LogP contribution is 1.96. The molecule has 0 spiro atoms. The van der Waals surface area contributed by atoms with Crippen molar-refractivity contribution in [2.45, 2.75) is 19.4 Å². The minimum absolute atomic E-state index is 0.187. The van der Waals surface area contributed by atoms with Gasteiger partial charge < -0.3 is 14.7 Å². The summed E-state index contributed by atoms with van der Waals surface area (Å²) >= 11 is 4.92. The predicted octanol–water partition coefficient (Wildman–Crippen LogP) is 1.41. The average molecular weight is 186 g/mol. The number of aryl methyl sites for hydroxylation is 1. The third kappa shape index (κ3) is 2.50. The lowest BCUT2D eigenvalue weighted by molar-refractivity contribution is -0.137. The zero-order valence-electron chi connectivity index (χ0n) is 6.49. The van der Waals surface area contributed by atoms with Gasteiger partial charge in [-0.05, 0) is 18.6 Å². The second-order valence-electron chi connectivity index (χ2n) is 2.46. The van der Waals surface area contributed by atoms with Gasteiger partial charge in [0.1, 0.15) is 0 Å². The number of hydrogen-bond acceptors (Lipinski definition) is 2. The zero-order valence-corrected chi connectivity index (χ0v) is 7.30. The minimum atomic E-state index is -0.767. The third-order valence-electron chi connectivity index (χ3n) is 1.51. The minimum Gasteiger partial charge on any atom is -0.481 e. The van der Waals surface area contributed by atoms with E-state index in [-0.39, 0.29) is 6.42 Å². The number of nitrogens with one attached hydrogen (secondary N) is 1. The van der Waals surface area contributed by atoms with Crippen molar-refractivity contribution in [1.82, 2.24) is 9.55 Å². The van der Waals surface area contributed by atoms with Gasteiger partial charge in [-0.15, -0.1) is 0 Å². The number of carbonyl (C=O) groups is 1. The Kier molecular flexibility index (Phi) is 3.04. The predicted molar refractivity (Wildman–Crippen MR) is 46.5 cm³/mol. The average Bonchev–Trinajstić information content (AvgIpc) is 2.36. The van der Waals surface area contributed by atoms with Crippen LogP contribution in [-0.4, -0.2) is 20.6 Å². The molecule has 0 aromatic carbocycles. The van der Waals surface area contributed by atoms with Gasteiger partial charge in [0.25, 0.3) is 0 Å². The molecule has 2 N–H and O–H groups in total. The van der Waals surface area contributed by atoms with Crippen LogP contribution in [0.3, 0.4) is 0 Å². The van der Waals surface area contributed by atoms with Gasteiger partial charge in [-0.2, -0.15) is 0 Å². The van der Waals surface area contributed by atoms with E-state index in [1.165, 1.54) is 0 Å². The number of carboxylic acid groups (broad SMARTS) is 1. The van der Waals surface area contributed by atoms with Gasteiger partial charge >= 0.3 is 5.97 Å². The molecule has 1 aromatic heterocycles. The Balaban J connectivity index is 2.39. The van der Waals surface area contributed by atoms with E-state index in [2.05, 4.69) is 4.98 Å². The lowest BCUT2D eigenvalue weighted by Gasteiger charge is -1.98. The van der Waals surface area contributed by atoms with Crippen LogP contribution >= 0.6 is 12.2 Å². The van der Waals surface area contributed by atoms with Crippen molar-refractivity contribution in [2.75, 3.05) is 0 Å². The van der Waals surface area contributed by atoms with Gasteiger partial charge in [-0.3, -0.25) is 4.79 Å². The summed E-state index contributed by atoms with van der Waals surface area (Å²) in [6.45, 7) is 0.661. The quantitative estimate of drug-likeness (QED) is 0.699. The van der Waals surface area contributed by atoms with Crippen LogP contribution in [0.1, 0.15) is 12.8 Å². The molecule has 1 heterocycles. The fraction of sp³-hybridized carbons (Fsp3) is 0.429. The molecule has 0 aliphatic heterocycles. The third-order valence-corrected chi connectivity index (χ3v) is 1.86. The van der Waals surface area contributed by atoms with Crippen molar-refractivity contribution in [3.8, 4) is 0 Å². The SMILES string of the molecule is O=C(O)CCCn1cc[nH]c1=S. The molecule has 0 aliphatic carbocycles. The fourth-order valence-electron chi connectivity index (χ4n) is 0.926. The Hall–Kier alpha value is -1.10. The maximum absolute atomic E-state index is 10.2. The van der Waals surface area contributed by atoms with Crippen molar-refractivity contribution in [3.63, 3.8) is 0 Å². The highest BCUT2D eigenvalue weighted by molar-refractivity contribution is 7.71. The van der Waals surface area contributed by atoms with Crippen LogP contribution in [0.15, 0.2) is 12.4 Å². The number of nitrogens with zero attached hydrogens (tertiary/aromatic N) is 1. The van der Waals surface area contributed by atoms with Crippen molar-refractivity contribution in [3.05, 3.63) is 17.2 Å². The maximum Gasteiger partial charge on any atom is 0.303 e. The van der Waals surface area contributed by atoms with Crippen LogP contribution < -0.4 is 0 Å². The highest BCUT2D eigenvalue weighted by atomic mass is 32.1. The Bertz CT molecular complexity index is 315. The number of aromatic nitrogens is 2. The first-order chi connectivity index (χ1) is 5.70. The Morgan fingerprint density at radius 1 is 1.75 bits per heavy atom. The molecule has 0 fully saturated rings. The molecular formula is C7H10N2O2S. The molecular weight excluding hydrogens is 176 g/mol. The summed E-state index contributed by atoms with van der Waals surface area (Å²) in [4.78, 5) is 13.0. The summed E-state index contributed by atoms with van der Waals surface area (Å²) in [6, 6.07) is 0. The van der Waals surface area contributed by atoms with E-state index in [1.54, 1.807) is 6.20 Å². The van der Waals surface area contributed by atoms with Crippen LogP contribution in [0.25, 0.3) is 0 Å². The van der Waals surface area contributed by atoms with E-state index in [1.807, 2.05) is 10.8 Å². The van der Waals surface area contributed by atoms with Crippen molar-refractivity contribution >= 4 is 18.2 Å². The fourth-order valence-corrected chi connectivity index (χ4v) is 1.15. The van der Waals surface area contributed by atoms with Crippen molar-refractivity contribution in [1.29, 1.82) is 0 Å². The number of aromatic amines is 1. The molecule has 0 radical (unpaired) electrons. The van der Waals surface area contributed by atoms with E-state index < -0.39 is 5.97 Å². The molecule has 0 aliphatic rings. The van der Waals surface area contributed by atoms with Gasteiger partial charge in [-0.25, -0.2) is 0 Å². The molecule has 0 amide bonds. The van der Waals surface area contributed by atoms with Crippen LogP contribution in [0.5, 0.6) is 0 Å². The summed E-state index contributed by atoms with van der Waals surface area (Å²) in [5.74, 6) is -0.767. The summed E-state index contributed by atoms with van der Waals surface area (Å²) < 4.78 is 2.46. The van der Waals surface area contributed by atoms with Crippen LogP contribution in [0, 0.1) is 4.77 Å². The molecule has 0 atom stereocenters. The first-order valence-electron chi connectivity index (χ1n) is 3.66. The second kappa shape index (κ2) is 4.06. The van der Waals surface area contributed by atoms with Crippen LogP contribution in [0.2, 0.25) is 0 Å². The molecule has 0 unspecified atom stereocenters. The molecule has 0 saturated heterocycles. The van der Waals surface area contributed by atoms with Crippen LogP contribution in [0.4, 0.5) is 0 Å². The Labute approximate surface area is 74.8 Å². The highest BCUT2D eigenvalue weighted by Gasteiger charge is 1.97. The number of aliphatic carboxylic acids is 1. The lowest BCUT2D eigenvalue weighted by atomic mass is 10.3. The largest absolute Gasteiger partial charge is 0.481 e. The Morgan fingerprint density at radius 3 is 3.00 bits per heavy atom. The topological polar surface area (TPSA) is 58.0 Å². The first kappa shape index (κ1) is 8.99. The molecule has 0 saturated carbocycles. The monoisotopic (exact) mass is 186 g/mol. The number of imidazole rings is 1. The van der Waals surface area contributed by atoms with E-state index in [9.17, 15) is 4.79 Å². The van der Waals surface area contributed by atoms with Gasteiger partial charge in [0.05, 0.1) is 0 Å². The lowest BCUT2D eigenvalue weighted by Crippen LogP contribution is -2.00. The van der Waals surface area contributed by atoms with Gasteiger partial charge in [0, 0.05) is 25.4 Å². The number of carboxylic acids is 1. The first-order valence-corrected chi connectivity index (χ1v) is 4.06. The van der Waals surface area contributed by atoms with E-state index in [0.29, 0.717) is 17.7 Å². The number of hydrogen-bond donors (Lipinski definition) is 2. The molecule has 4 nitrogen and oxygen atoms in total. The van der Waals surface area contributed by atoms with Crippen molar-refractivity contribution < 1.29 is 9.90 Å². The molecule has 1 rings (SSSR count). The Morgan fingerprint density at radius 2 is 2.50 bits per heavy atom. The summed E-state index contributed by atoms with van der Waals surface area (Å²) in [5, 5.41) is 8.37. The van der Waals surface area contributed by atoms with Crippen LogP contribution in [-0.2, 0) is 11.3 Å². The van der Waals surface area contributed by atoms with Crippen molar-refractivity contribution in [2.24, 2.45) is 0 Å². The number of rotatable bonds is 4. The molecule has 5 heteroatoms. The summed E-state index contributed by atoms with van der Waals surface area (Å²) in [6.07, 6.45) is 4.35. The maximum atomic E-state index is 10.2. The van der Waals surface area contributed by atoms with Gasteiger partial charge in [0.2, 0.25) is 0 Å².